The molecule has 0 aromatic heterocycles. The standard InChI is InChI=1S/C26H23NO4/c28-25(18-9-3-1-4-10-18)30-22-17-23(31-26(29)19-11-5-2-6-12-19)21-14-8-16-27-15-7-13-20(22)24(21)27/h1-6,9-12,17H,7-8,13-16H2. The van der Waals surface area contributed by atoms with E-state index in [1.54, 1.807) is 30.3 Å². The van der Waals surface area contributed by atoms with E-state index in [4.69, 9.17) is 9.47 Å². The van der Waals surface area contributed by atoms with Gasteiger partial charge in [-0.1, -0.05) is 36.4 Å². The minimum atomic E-state index is -0.412. The third kappa shape index (κ3) is 3.79. The summed E-state index contributed by atoms with van der Waals surface area (Å²) in [5.41, 5.74) is 4.12. The zero-order chi connectivity index (χ0) is 21.2. The maximum absolute atomic E-state index is 12.8. The number of anilines is 1. The van der Waals surface area contributed by atoms with E-state index in [0.717, 1.165) is 55.6 Å². The molecule has 2 aliphatic heterocycles. The molecule has 0 spiro atoms. The first kappa shape index (κ1) is 19.4. The van der Waals surface area contributed by atoms with Crippen molar-refractivity contribution >= 4 is 17.6 Å². The molecule has 0 unspecified atom stereocenters. The molecule has 5 rings (SSSR count). The molecule has 2 heterocycles. The fraction of sp³-hybridized carbons (Fsp3) is 0.231. The molecule has 31 heavy (non-hydrogen) atoms. The topological polar surface area (TPSA) is 55.8 Å². The van der Waals surface area contributed by atoms with Gasteiger partial charge in [0.1, 0.15) is 11.5 Å². The van der Waals surface area contributed by atoms with E-state index in [1.165, 1.54) is 0 Å². The van der Waals surface area contributed by atoms with E-state index in [-0.39, 0.29) is 0 Å². The van der Waals surface area contributed by atoms with Crippen molar-refractivity contribution in [1.29, 1.82) is 0 Å². The second-order valence-electron chi connectivity index (χ2n) is 7.88. The maximum atomic E-state index is 12.8. The smallest absolute Gasteiger partial charge is 0.343 e. The number of hydrogen-bond donors (Lipinski definition) is 0. The lowest BCUT2D eigenvalue weighted by atomic mass is 9.90. The van der Waals surface area contributed by atoms with Gasteiger partial charge in [-0.05, 0) is 49.9 Å². The molecule has 0 aliphatic carbocycles. The van der Waals surface area contributed by atoms with Crippen LogP contribution in [0.2, 0.25) is 0 Å². The highest BCUT2D eigenvalue weighted by molar-refractivity contribution is 5.93. The van der Waals surface area contributed by atoms with Crippen molar-refractivity contribution in [1.82, 2.24) is 0 Å². The normalized spacial score (nSPS) is 14.5. The van der Waals surface area contributed by atoms with Crippen LogP contribution in [0.25, 0.3) is 0 Å². The number of carbonyl (C=O) groups is 2. The van der Waals surface area contributed by atoms with Gasteiger partial charge < -0.3 is 14.4 Å². The zero-order valence-electron chi connectivity index (χ0n) is 17.2. The minimum absolute atomic E-state index is 0.412. The molecule has 0 amide bonds. The number of rotatable bonds is 4. The molecule has 5 heteroatoms. The second kappa shape index (κ2) is 8.26. The Labute approximate surface area is 181 Å². The van der Waals surface area contributed by atoms with Gasteiger partial charge in [0.05, 0.1) is 16.8 Å². The van der Waals surface area contributed by atoms with Gasteiger partial charge in [-0.25, -0.2) is 9.59 Å². The van der Waals surface area contributed by atoms with Gasteiger partial charge in [-0.15, -0.1) is 0 Å². The lowest BCUT2D eigenvalue weighted by molar-refractivity contribution is 0.0730. The number of nitrogens with zero attached hydrogens (tertiary/aromatic N) is 1. The Balaban J connectivity index is 1.55. The Morgan fingerprint density at radius 2 is 1.13 bits per heavy atom. The third-order valence-electron chi connectivity index (χ3n) is 5.88. The van der Waals surface area contributed by atoms with Gasteiger partial charge in [0.2, 0.25) is 0 Å². The summed E-state index contributed by atoms with van der Waals surface area (Å²) in [5.74, 6) is 0.139. The van der Waals surface area contributed by atoms with E-state index in [1.807, 2.05) is 36.4 Å². The van der Waals surface area contributed by atoms with E-state index in [0.29, 0.717) is 22.6 Å². The van der Waals surface area contributed by atoms with Crippen LogP contribution in [0, 0.1) is 0 Å². The molecular weight excluding hydrogens is 390 g/mol. The Morgan fingerprint density at radius 3 is 1.58 bits per heavy atom. The van der Waals surface area contributed by atoms with Crippen LogP contribution >= 0.6 is 0 Å². The summed E-state index contributed by atoms with van der Waals surface area (Å²) in [6.07, 6.45) is 3.68. The van der Waals surface area contributed by atoms with Crippen molar-refractivity contribution in [2.75, 3.05) is 18.0 Å². The molecule has 5 nitrogen and oxygen atoms in total. The molecule has 0 saturated carbocycles. The maximum Gasteiger partial charge on any atom is 0.343 e. The number of esters is 2. The van der Waals surface area contributed by atoms with Crippen LogP contribution in [0.4, 0.5) is 5.69 Å². The Kier molecular flexibility index (Phi) is 5.16. The first-order valence-corrected chi connectivity index (χ1v) is 10.7. The highest BCUT2D eigenvalue weighted by Crippen LogP contribution is 2.45. The van der Waals surface area contributed by atoms with Crippen LogP contribution in [0.3, 0.4) is 0 Å². The average molecular weight is 413 g/mol. The molecule has 0 saturated heterocycles. The monoisotopic (exact) mass is 413 g/mol. The number of carbonyl (C=O) groups excluding carboxylic acids is 2. The fourth-order valence-corrected chi connectivity index (χ4v) is 4.45. The van der Waals surface area contributed by atoms with Gasteiger partial charge in [0.25, 0.3) is 0 Å². The molecule has 2 aliphatic rings. The molecule has 156 valence electrons. The number of hydrogen-bond acceptors (Lipinski definition) is 5. The molecule has 0 fully saturated rings. The molecular formula is C26H23NO4. The van der Waals surface area contributed by atoms with E-state index in [2.05, 4.69) is 4.90 Å². The van der Waals surface area contributed by atoms with Gasteiger partial charge in [-0.2, -0.15) is 0 Å². The van der Waals surface area contributed by atoms with Crippen molar-refractivity contribution < 1.29 is 19.1 Å². The first-order chi connectivity index (χ1) is 15.2. The second-order valence-corrected chi connectivity index (χ2v) is 7.88. The number of benzene rings is 3. The van der Waals surface area contributed by atoms with E-state index in [9.17, 15) is 9.59 Å². The Hall–Kier alpha value is -3.60. The summed E-state index contributed by atoms with van der Waals surface area (Å²) in [7, 11) is 0. The van der Waals surface area contributed by atoms with Gasteiger partial charge in [0.15, 0.2) is 0 Å². The van der Waals surface area contributed by atoms with Gasteiger partial charge in [-0.3, -0.25) is 0 Å². The summed E-state index contributed by atoms with van der Waals surface area (Å²) in [4.78, 5) is 27.9. The van der Waals surface area contributed by atoms with Crippen LogP contribution in [-0.2, 0) is 12.8 Å². The van der Waals surface area contributed by atoms with Crippen molar-refractivity contribution in [3.8, 4) is 11.5 Å². The Bertz CT molecular complexity index is 1040. The van der Waals surface area contributed by atoms with Crippen molar-refractivity contribution in [2.45, 2.75) is 25.7 Å². The summed E-state index contributed by atoms with van der Waals surface area (Å²) >= 11 is 0. The molecule has 0 N–H and O–H groups in total. The molecule has 3 aromatic rings. The van der Waals surface area contributed by atoms with Crippen molar-refractivity contribution in [2.24, 2.45) is 0 Å². The van der Waals surface area contributed by atoms with Crippen LogP contribution in [0.15, 0.2) is 66.7 Å². The summed E-state index contributed by atoms with van der Waals surface area (Å²) in [6, 6.07) is 19.6. The predicted molar refractivity (Wildman–Crippen MR) is 118 cm³/mol. The Morgan fingerprint density at radius 1 is 0.677 bits per heavy atom. The number of ether oxygens (including phenoxy) is 2. The van der Waals surface area contributed by atoms with Gasteiger partial charge >= 0.3 is 11.9 Å². The van der Waals surface area contributed by atoms with Gasteiger partial charge in [0, 0.05) is 30.3 Å². The van der Waals surface area contributed by atoms with E-state index < -0.39 is 11.9 Å². The van der Waals surface area contributed by atoms with Crippen molar-refractivity contribution in [3.05, 3.63) is 89.0 Å². The minimum Gasteiger partial charge on any atom is -0.422 e. The van der Waals surface area contributed by atoms with E-state index >= 15 is 0 Å². The molecule has 0 atom stereocenters. The summed E-state index contributed by atoms with van der Waals surface area (Å²) in [5, 5.41) is 0. The quantitative estimate of drug-likeness (QED) is 0.453. The lowest BCUT2D eigenvalue weighted by Crippen LogP contribution is -2.35. The predicted octanol–water partition coefficient (Wildman–Crippen LogP) is 4.82. The highest BCUT2D eigenvalue weighted by atomic mass is 16.5. The van der Waals surface area contributed by atoms with Crippen LogP contribution in [-0.4, -0.2) is 25.0 Å². The lowest BCUT2D eigenvalue weighted by Gasteiger charge is -2.38. The van der Waals surface area contributed by atoms with Crippen LogP contribution in [0.5, 0.6) is 11.5 Å². The molecule has 0 bridgehead atoms. The van der Waals surface area contributed by atoms with Crippen LogP contribution < -0.4 is 14.4 Å². The summed E-state index contributed by atoms with van der Waals surface area (Å²) in [6.45, 7) is 1.92. The highest BCUT2D eigenvalue weighted by Gasteiger charge is 2.31. The fourth-order valence-electron chi connectivity index (χ4n) is 4.45. The largest absolute Gasteiger partial charge is 0.422 e. The summed E-state index contributed by atoms with van der Waals surface area (Å²) < 4.78 is 11.7. The average Bonchev–Trinajstić information content (AvgIpc) is 2.83. The zero-order valence-corrected chi connectivity index (χ0v) is 17.2. The SMILES string of the molecule is O=C(Oc1cc(OC(=O)c2ccccc2)c2c3c1CCCN3CCC2)c1ccccc1. The third-order valence-corrected chi connectivity index (χ3v) is 5.88. The van der Waals surface area contributed by atoms with Crippen LogP contribution in [0.1, 0.15) is 44.7 Å². The van der Waals surface area contributed by atoms with Crippen molar-refractivity contribution in [3.63, 3.8) is 0 Å². The molecule has 3 aromatic carbocycles. The molecule has 0 radical (unpaired) electrons. The first-order valence-electron chi connectivity index (χ1n) is 10.7.